The number of allylic oxidation sites excluding steroid dienone is 4. The van der Waals surface area contributed by atoms with Crippen molar-refractivity contribution in [1.29, 1.82) is 0 Å². The summed E-state index contributed by atoms with van der Waals surface area (Å²) in [5, 5.41) is 0. The molecule has 1 rings (SSSR count). The fourth-order valence-corrected chi connectivity index (χ4v) is 0.828. The van der Waals surface area contributed by atoms with Gasteiger partial charge in [-0.05, 0) is 20.3 Å². The van der Waals surface area contributed by atoms with E-state index in [-0.39, 0.29) is 24.8 Å². The van der Waals surface area contributed by atoms with E-state index in [4.69, 9.17) is 3.67 Å². The summed E-state index contributed by atoms with van der Waals surface area (Å²) in [5.41, 5.74) is 2.90. The minimum atomic E-state index is 0. The number of hydrogen-bond acceptors (Lipinski definition) is 1. The van der Waals surface area contributed by atoms with Crippen molar-refractivity contribution in [2.75, 3.05) is 0 Å². The van der Waals surface area contributed by atoms with Gasteiger partial charge in [0.15, 0.2) is 0 Å². The molecule has 0 aromatic rings. The first-order valence-electron chi connectivity index (χ1n) is 2.81. The first kappa shape index (κ1) is 17.5. The molecule has 0 spiro atoms. The quantitative estimate of drug-likeness (QED) is 0.629. The second kappa shape index (κ2) is 10.4. The van der Waals surface area contributed by atoms with E-state index < -0.39 is 0 Å². The molecule has 0 saturated carbocycles. The maximum absolute atomic E-state index is 8.19. The van der Waals surface area contributed by atoms with Crippen molar-refractivity contribution in [2.45, 2.75) is 20.3 Å². The van der Waals surface area contributed by atoms with Gasteiger partial charge in [0.05, 0.1) is 0 Å². The van der Waals surface area contributed by atoms with Crippen LogP contribution in [0, 0.1) is 0 Å². The van der Waals surface area contributed by atoms with Crippen LogP contribution in [0.5, 0.6) is 0 Å². The molecule has 0 aromatic carbocycles. The van der Waals surface area contributed by atoms with Crippen molar-refractivity contribution in [2.24, 2.45) is 0 Å². The Morgan fingerprint density at radius 1 is 1.27 bits per heavy atom. The number of rotatable bonds is 0. The van der Waals surface area contributed by atoms with E-state index in [1.54, 1.807) is 0 Å². The Morgan fingerprint density at radius 3 is 1.82 bits per heavy atom. The third-order valence-electron chi connectivity index (χ3n) is 1.22. The minimum absolute atomic E-state index is 0. The average Bonchev–Trinajstić information content (AvgIpc) is 2.20. The molecule has 0 aliphatic heterocycles. The van der Waals surface area contributed by atoms with Crippen molar-refractivity contribution in [3.63, 3.8) is 0 Å². The fourth-order valence-electron chi connectivity index (χ4n) is 0.828. The van der Waals surface area contributed by atoms with Crippen molar-refractivity contribution in [3.05, 3.63) is 23.3 Å². The van der Waals surface area contributed by atoms with Crippen LogP contribution in [0.4, 0.5) is 0 Å². The summed E-state index contributed by atoms with van der Waals surface area (Å²) in [5.74, 6) is 0. The molecule has 0 aromatic heterocycles. The van der Waals surface area contributed by atoms with E-state index in [0.717, 1.165) is 17.4 Å². The van der Waals surface area contributed by atoms with Gasteiger partial charge in [0.1, 0.15) is 0 Å². The molecule has 0 N–H and O–H groups in total. The average molecular weight is 234 g/mol. The van der Waals surface area contributed by atoms with Crippen LogP contribution in [0.15, 0.2) is 23.3 Å². The standard InChI is InChI=1S/C7H10.2ClH.O.V/c1-6-3-4-7(2)5-6;;;;/h3,5H,4H2,1-2H3;2*1H;;. The molecule has 0 unspecified atom stereocenters. The molecule has 11 heavy (non-hydrogen) atoms. The SMILES string of the molecule is CC1=CCC(C)=C1.Cl.Cl.[O]=[V]. The molecule has 0 atom stereocenters. The predicted octanol–water partition coefficient (Wildman–Crippen LogP) is 3.01. The van der Waals surface area contributed by atoms with Gasteiger partial charge < -0.3 is 0 Å². The van der Waals surface area contributed by atoms with E-state index in [2.05, 4.69) is 26.0 Å². The zero-order valence-electron chi connectivity index (χ0n) is 6.53. The second-order valence-electron chi connectivity index (χ2n) is 2.14. The summed E-state index contributed by atoms with van der Waals surface area (Å²) in [6, 6.07) is 0. The van der Waals surface area contributed by atoms with Gasteiger partial charge in [0.2, 0.25) is 0 Å². The number of hydrogen-bond donors (Lipinski definition) is 0. The van der Waals surface area contributed by atoms with Gasteiger partial charge in [-0.1, -0.05) is 23.3 Å². The molecular formula is C7H12Cl2OV. The topological polar surface area (TPSA) is 17.1 Å². The van der Waals surface area contributed by atoms with E-state index in [9.17, 15) is 0 Å². The molecule has 0 radical (unpaired) electrons. The van der Waals surface area contributed by atoms with Crippen LogP contribution in [-0.4, -0.2) is 0 Å². The summed E-state index contributed by atoms with van der Waals surface area (Å²) in [4.78, 5) is 0. The van der Waals surface area contributed by atoms with E-state index in [1.807, 2.05) is 0 Å². The Balaban J connectivity index is -0.000000149. The Kier molecular flexibility index (Phi) is 16.6. The molecule has 1 aliphatic carbocycles. The molecule has 0 amide bonds. The predicted molar refractivity (Wildman–Crippen MR) is 47.3 cm³/mol. The van der Waals surface area contributed by atoms with Crippen LogP contribution in [-0.2, 0) is 21.0 Å². The normalized spacial score (nSPS) is 12.5. The Labute approximate surface area is 89.4 Å². The van der Waals surface area contributed by atoms with Gasteiger partial charge in [0, 0.05) is 0 Å². The fraction of sp³-hybridized carbons (Fsp3) is 0.429. The van der Waals surface area contributed by atoms with E-state index in [0.29, 0.717) is 0 Å². The Bertz CT molecular complexity index is 155. The Hall–Kier alpha value is 0.444. The monoisotopic (exact) mass is 233 g/mol. The zero-order chi connectivity index (χ0) is 7.28. The van der Waals surface area contributed by atoms with Gasteiger partial charge in [-0.25, -0.2) is 0 Å². The third-order valence-corrected chi connectivity index (χ3v) is 1.22. The van der Waals surface area contributed by atoms with Crippen LogP contribution in [0.1, 0.15) is 20.3 Å². The molecule has 0 bridgehead atoms. The molecular weight excluding hydrogens is 222 g/mol. The molecule has 65 valence electrons. The van der Waals surface area contributed by atoms with Crippen molar-refractivity contribution < 1.29 is 21.0 Å². The number of halogens is 2. The zero-order valence-corrected chi connectivity index (χ0v) is 9.56. The molecule has 0 saturated heterocycles. The molecule has 4 heteroatoms. The van der Waals surface area contributed by atoms with E-state index in [1.165, 1.54) is 17.6 Å². The van der Waals surface area contributed by atoms with Crippen LogP contribution in [0.2, 0.25) is 0 Å². The molecule has 1 aliphatic rings. The van der Waals surface area contributed by atoms with Crippen LogP contribution in [0.3, 0.4) is 0 Å². The van der Waals surface area contributed by atoms with Gasteiger partial charge >= 0.3 is 21.0 Å². The summed E-state index contributed by atoms with van der Waals surface area (Å²) in [7, 11) is 0. The van der Waals surface area contributed by atoms with Crippen LogP contribution in [0.25, 0.3) is 0 Å². The van der Waals surface area contributed by atoms with Gasteiger partial charge in [-0.3, -0.25) is 0 Å². The first-order valence-corrected chi connectivity index (χ1v) is 3.38. The van der Waals surface area contributed by atoms with E-state index >= 15 is 0 Å². The molecule has 0 heterocycles. The summed E-state index contributed by atoms with van der Waals surface area (Å²) < 4.78 is 8.19. The second-order valence-corrected chi connectivity index (χ2v) is 2.14. The Morgan fingerprint density at radius 2 is 1.73 bits per heavy atom. The van der Waals surface area contributed by atoms with Crippen molar-refractivity contribution in [1.82, 2.24) is 0 Å². The third kappa shape index (κ3) is 8.35. The van der Waals surface area contributed by atoms with Gasteiger partial charge in [0.25, 0.3) is 0 Å². The first-order chi connectivity index (χ1) is 4.29. The van der Waals surface area contributed by atoms with Crippen LogP contribution < -0.4 is 0 Å². The van der Waals surface area contributed by atoms with Crippen molar-refractivity contribution >= 4 is 24.8 Å². The summed E-state index contributed by atoms with van der Waals surface area (Å²) >= 11 is 1.06. The molecule has 1 nitrogen and oxygen atoms in total. The van der Waals surface area contributed by atoms with Gasteiger partial charge in [-0.15, -0.1) is 24.8 Å². The van der Waals surface area contributed by atoms with Crippen LogP contribution >= 0.6 is 24.8 Å². The maximum atomic E-state index is 8.19. The summed E-state index contributed by atoms with van der Waals surface area (Å²) in [6.45, 7) is 4.30. The van der Waals surface area contributed by atoms with Crippen molar-refractivity contribution in [3.8, 4) is 0 Å². The van der Waals surface area contributed by atoms with Gasteiger partial charge in [-0.2, -0.15) is 0 Å². The molecule has 0 fully saturated rings. The summed E-state index contributed by atoms with van der Waals surface area (Å²) in [6.07, 6.45) is 5.64.